The molecular weight excluding hydrogens is 474 g/mol. The number of nitrogens with one attached hydrogen (secondary N) is 1. The molecule has 0 saturated heterocycles. The van der Waals surface area contributed by atoms with Crippen LogP contribution in [0.3, 0.4) is 0 Å². The van der Waals surface area contributed by atoms with Crippen LogP contribution in [0.25, 0.3) is 0 Å². The van der Waals surface area contributed by atoms with Crippen LogP contribution in [0.2, 0.25) is 0 Å². The van der Waals surface area contributed by atoms with Crippen LogP contribution >= 0.6 is 15.9 Å². The van der Waals surface area contributed by atoms with E-state index in [-0.39, 0.29) is 15.5 Å². The Morgan fingerprint density at radius 1 is 1.20 bits per heavy atom. The average molecular weight is 498 g/mol. The van der Waals surface area contributed by atoms with Gasteiger partial charge in [-0.05, 0) is 55.1 Å². The molecule has 1 aliphatic heterocycles. The number of hydrogen-bond donors (Lipinski definition) is 1. The van der Waals surface area contributed by atoms with Crippen LogP contribution in [0.5, 0.6) is 5.75 Å². The summed E-state index contributed by atoms with van der Waals surface area (Å²) in [5.74, 6) is 0.298. The predicted molar refractivity (Wildman–Crippen MR) is 117 cm³/mol. The average Bonchev–Trinajstić information content (AvgIpc) is 2.72. The van der Waals surface area contributed by atoms with Crippen molar-refractivity contribution in [2.24, 2.45) is 0 Å². The number of halogens is 1. The minimum absolute atomic E-state index is 0.105. The Kier molecular flexibility index (Phi) is 7.45. The van der Waals surface area contributed by atoms with E-state index in [9.17, 15) is 18.5 Å². The lowest BCUT2D eigenvalue weighted by Gasteiger charge is -2.28. The van der Waals surface area contributed by atoms with Crippen LogP contribution in [-0.4, -0.2) is 45.0 Å². The number of nitro benzene ring substituents is 1. The van der Waals surface area contributed by atoms with Crippen molar-refractivity contribution >= 4 is 31.6 Å². The summed E-state index contributed by atoms with van der Waals surface area (Å²) in [4.78, 5) is 13.0. The van der Waals surface area contributed by atoms with E-state index in [0.717, 1.165) is 37.1 Å². The number of sulfonamides is 1. The summed E-state index contributed by atoms with van der Waals surface area (Å²) in [6.45, 7) is 2.71. The Hall–Kier alpha value is -2.01. The molecular formula is C20H24BrN3O5S. The zero-order valence-electron chi connectivity index (χ0n) is 16.6. The summed E-state index contributed by atoms with van der Waals surface area (Å²) >= 11 is 3.29. The van der Waals surface area contributed by atoms with Gasteiger partial charge >= 0.3 is 0 Å². The van der Waals surface area contributed by atoms with E-state index in [1.165, 1.54) is 13.2 Å². The van der Waals surface area contributed by atoms with Gasteiger partial charge in [0.2, 0.25) is 10.0 Å². The van der Waals surface area contributed by atoms with Crippen LogP contribution in [0, 0.1) is 10.1 Å². The number of ether oxygens (including phenoxy) is 1. The van der Waals surface area contributed by atoms with E-state index in [1.807, 2.05) is 6.07 Å². The third-order valence-electron chi connectivity index (χ3n) is 5.10. The highest BCUT2D eigenvalue weighted by Gasteiger charge is 2.20. The summed E-state index contributed by atoms with van der Waals surface area (Å²) in [6, 6.07) is 9.91. The fourth-order valence-corrected chi connectivity index (χ4v) is 5.29. The number of unbranched alkanes of at least 4 members (excludes halogenated alkanes) is 1. The molecule has 0 radical (unpaired) electrons. The first-order chi connectivity index (χ1) is 14.3. The molecule has 2 aromatic rings. The van der Waals surface area contributed by atoms with Crippen molar-refractivity contribution in [1.82, 2.24) is 9.62 Å². The third-order valence-corrected chi connectivity index (χ3v) is 7.08. The number of rotatable bonds is 9. The lowest BCUT2D eigenvalue weighted by Crippen LogP contribution is -2.32. The molecule has 0 spiro atoms. The quantitative estimate of drug-likeness (QED) is 0.323. The maximum Gasteiger partial charge on any atom is 0.269 e. The molecule has 30 heavy (non-hydrogen) atoms. The van der Waals surface area contributed by atoms with Gasteiger partial charge < -0.3 is 4.74 Å². The van der Waals surface area contributed by atoms with E-state index < -0.39 is 10.0 Å². The Morgan fingerprint density at radius 3 is 2.73 bits per heavy atom. The van der Waals surface area contributed by atoms with Crippen molar-refractivity contribution in [3.05, 3.63) is 62.1 Å². The lowest BCUT2D eigenvalue weighted by atomic mass is 9.99. The zero-order chi connectivity index (χ0) is 21.7. The first-order valence-corrected chi connectivity index (χ1v) is 11.9. The molecule has 0 aromatic heterocycles. The number of benzene rings is 2. The number of hydrogen-bond acceptors (Lipinski definition) is 6. The van der Waals surface area contributed by atoms with E-state index >= 15 is 0 Å². The highest BCUT2D eigenvalue weighted by atomic mass is 79.9. The number of fused-ring (bicyclic) bond motifs is 1. The van der Waals surface area contributed by atoms with Crippen molar-refractivity contribution in [2.45, 2.75) is 30.7 Å². The maximum atomic E-state index is 12.6. The van der Waals surface area contributed by atoms with Crippen molar-refractivity contribution in [3.8, 4) is 5.75 Å². The first kappa shape index (κ1) is 22.7. The topological polar surface area (TPSA) is 102 Å². The van der Waals surface area contributed by atoms with Gasteiger partial charge in [0.15, 0.2) is 0 Å². The normalized spacial score (nSPS) is 14.3. The van der Waals surface area contributed by atoms with Crippen molar-refractivity contribution in [2.75, 3.05) is 26.7 Å². The Bertz CT molecular complexity index is 1030. The second-order valence-corrected chi connectivity index (χ2v) is 9.79. The third kappa shape index (κ3) is 5.57. The highest BCUT2D eigenvalue weighted by molar-refractivity contribution is 9.10. The number of nitrogens with zero attached hydrogens (tertiary/aromatic N) is 2. The van der Waals surface area contributed by atoms with E-state index in [1.54, 1.807) is 24.3 Å². The Labute approximate surface area is 184 Å². The lowest BCUT2D eigenvalue weighted by molar-refractivity contribution is -0.385. The van der Waals surface area contributed by atoms with Gasteiger partial charge in [0.25, 0.3) is 5.69 Å². The molecule has 1 N–H and O–H groups in total. The minimum atomic E-state index is -3.67. The van der Waals surface area contributed by atoms with Crippen molar-refractivity contribution < 1.29 is 18.1 Å². The number of methoxy groups -OCH3 is 1. The highest BCUT2D eigenvalue weighted by Crippen LogP contribution is 2.27. The molecule has 0 fully saturated rings. The SMILES string of the molecule is COc1ccc(Br)cc1S(=O)(=O)NCCCCN1CCc2ccc([N+](=O)[O-])cc2C1. The number of non-ortho nitro benzene ring substituents is 1. The molecule has 1 heterocycles. The zero-order valence-corrected chi connectivity index (χ0v) is 19.0. The Morgan fingerprint density at radius 2 is 2.00 bits per heavy atom. The molecule has 2 aromatic carbocycles. The molecule has 0 bridgehead atoms. The van der Waals surface area contributed by atoms with Gasteiger partial charge in [-0.25, -0.2) is 13.1 Å². The fourth-order valence-electron chi connectivity index (χ4n) is 3.51. The summed E-state index contributed by atoms with van der Waals surface area (Å²) < 4.78 is 33.6. The van der Waals surface area contributed by atoms with Gasteiger partial charge in [-0.15, -0.1) is 0 Å². The van der Waals surface area contributed by atoms with Crippen molar-refractivity contribution in [3.63, 3.8) is 0 Å². The molecule has 0 unspecified atom stereocenters. The molecule has 3 rings (SSSR count). The molecule has 0 amide bonds. The first-order valence-electron chi connectivity index (χ1n) is 9.62. The van der Waals surface area contributed by atoms with Gasteiger partial charge in [0.05, 0.1) is 12.0 Å². The standard InChI is InChI=1S/C20H24BrN3O5S/c1-29-19-7-5-17(21)13-20(19)30(27,28)22-9-2-3-10-23-11-8-15-4-6-18(24(25)26)12-16(15)14-23/h4-7,12-13,22H,2-3,8-11,14H2,1H3. The number of nitro groups is 1. The minimum Gasteiger partial charge on any atom is -0.495 e. The summed E-state index contributed by atoms with van der Waals surface area (Å²) in [7, 11) is -2.23. The summed E-state index contributed by atoms with van der Waals surface area (Å²) in [6.07, 6.45) is 2.37. The molecule has 10 heteroatoms. The summed E-state index contributed by atoms with van der Waals surface area (Å²) in [5, 5.41) is 11.0. The van der Waals surface area contributed by atoms with Crippen LogP contribution in [0.1, 0.15) is 24.0 Å². The van der Waals surface area contributed by atoms with E-state index in [2.05, 4.69) is 25.6 Å². The Balaban J connectivity index is 1.48. The van der Waals surface area contributed by atoms with Crippen LogP contribution in [-0.2, 0) is 23.0 Å². The van der Waals surface area contributed by atoms with Crippen LogP contribution in [0.15, 0.2) is 45.8 Å². The van der Waals surface area contributed by atoms with Crippen LogP contribution in [0.4, 0.5) is 5.69 Å². The van der Waals surface area contributed by atoms with Gasteiger partial charge in [-0.2, -0.15) is 0 Å². The molecule has 0 atom stereocenters. The van der Waals surface area contributed by atoms with Crippen molar-refractivity contribution in [1.29, 1.82) is 0 Å². The summed E-state index contributed by atoms with van der Waals surface area (Å²) in [5.41, 5.74) is 2.28. The molecule has 1 aliphatic rings. The van der Waals surface area contributed by atoms with Gasteiger partial charge in [-0.3, -0.25) is 15.0 Å². The van der Waals surface area contributed by atoms with E-state index in [0.29, 0.717) is 29.7 Å². The molecule has 0 saturated carbocycles. The molecule has 162 valence electrons. The van der Waals surface area contributed by atoms with Crippen LogP contribution < -0.4 is 9.46 Å². The smallest absolute Gasteiger partial charge is 0.269 e. The van der Waals surface area contributed by atoms with E-state index in [4.69, 9.17) is 4.74 Å². The largest absolute Gasteiger partial charge is 0.495 e. The molecule has 8 nitrogen and oxygen atoms in total. The predicted octanol–water partition coefficient (Wildman–Crippen LogP) is 3.48. The van der Waals surface area contributed by atoms with Gasteiger partial charge in [0.1, 0.15) is 10.6 Å². The molecule has 0 aliphatic carbocycles. The van der Waals surface area contributed by atoms with Gasteiger partial charge in [0, 0.05) is 36.2 Å². The second-order valence-electron chi connectivity index (χ2n) is 7.14. The fraction of sp³-hybridized carbons (Fsp3) is 0.400. The van der Waals surface area contributed by atoms with Gasteiger partial charge in [-0.1, -0.05) is 22.0 Å². The maximum absolute atomic E-state index is 12.6. The monoisotopic (exact) mass is 497 g/mol. The second kappa shape index (κ2) is 9.86.